The summed E-state index contributed by atoms with van der Waals surface area (Å²) in [5, 5.41) is 2.96. The number of ether oxygens (including phenoxy) is 12. The number of benzene rings is 3. The summed E-state index contributed by atoms with van der Waals surface area (Å²) in [7, 11) is 1.78. The Kier molecular flexibility index (Phi) is 42.1. The molecule has 102 heavy (non-hydrogen) atoms. The molecule has 0 N–H and O–H groups in total. The molecule has 3 aromatic carbocycles. The van der Waals surface area contributed by atoms with E-state index in [1.54, 1.807) is 21.3 Å². The van der Waals surface area contributed by atoms with Crippen LogP contribution in [0.25, 0.3) is 0 Å². The monoisotopic (exact) mass is 1750 g/mol. The quantitative estimate of drug-likeness (QED) is 0.0353. The van der Waals surface area contributed by atoms with Crippen molar-refractivity contribution in [2.75, 3.05) is 21.3 Å². The van der Waals surface area contributed by atoms with Crippen LogP contribution in [0.4, 0.5) is 0 Å². The summed E-state index contributed by atoms with van der Waals surface area (Å²) in [6, 6.07) is 19.1. The van der Waals surface area contributed by atoms with E-state index in [1.165, 1.54) is 103 Å². The molecule has 18 heteroatoms. The molecule has 12 atom stereocenters. The molecule has 12 bridgehead atoms. The Morgan fingerprint density at radius 3 is 0.863 bits per heavy atom. The summed E-state index contributed by atoms with van der Waals surface area (Å²) in [4.78, 5) is 0. The minimum atomic E-state index is -1.12. The van der Waals surface area contributed by atoms with Gasteiger partial charge in [-0.3, -0.25) is 0 Å². The number of unbranched alkanes of at least 4 members (excludes halogenated alkanes) is 9. The first kappa shape index (κ1) is 103. The first-order chi connectivity index (χ1) is 44.1. The topological polar surface area (TPSA) is 111 Å². The zero-order valence-corrected chi connectivity index (χ0v) is 75.7. The summed E-state index contributed by atoms with van der Waals surface area (Å²) in [6.45, 7) is 49.9. The van der Waals surface area contributed by atoms with Crippen molar-refractivity contribution in [2.24, 2.45) is 0 Å². The van der Waals surface area contributed by atoms with Crippen molar-refractivity contribution in [1.29, 1.82) is 0 Å². The van der Waals surface area contributed by atoms with Gasteiger partial charge in [0.25, 0.3) is 0 Å². The molecule has 0 radical (unpaired) electrons. The molecule has 0 saturated carbocycles. The number of hydrogen-bond donors (Lipinski definition) is 0. The van der Waals surface area contributed by atoms with Crippen molar-refractivity contribution in [2.45, 2.75) is 313 Å². The first-order valence-corrected chi connectivity index (χ1v) is 39.8. The van der Waals surface area contributed by atoms with Crippen LogP contribution in [0.3, 0.4) is 0 Å². The number of hydrogen-bond acceptors (Lipinski definition) is 12. The zero-order chi connectivity index (χ0) is 69.5. The minimum Gasteiger partial charge on any atom is -0.497 e. The van der Waals surface area contributed by atoms with Crippen molar-refractivity contribution >= 4 is 39.7 Å². The van der Waals surface area contributed by atoms with E-state index in [1.807, 2.05) is 18.2 Å². The maximum Gasteiger partial charge on any atom is 2.00 e. The fourth-order valence-electron chi connectivity index (χ4n) is 18.0. The molecule has 15 rings (SSSR count). The van der Waals surface area contributed by atoms with Gasteiger partial charge in [-0.15, -0.1) is 19.6 Å². The summed E-state index contributed by atoms with van der Waals surface area (Å²) >= 11 is 0. The van der Waals surface area contributed by atoms with Gasteiger partial charge in [-0.2, -0.15) is 0 Å². The summed E-state index contributed by atoms with van der Waals surface area (Å²) in [6.07, 6.45) is 33.7. The normalized spacial score (nSPS) is 34.8. The van der Waals surface area contributed by atoms with Crippen molar-refractivity contribution in [3.63, 3.8) is 0 Å². The number of aryl methyl sites for hydroxylation is 3. The van der Waals surface area contributed by atoms with Gasteiger partial charge >= 0.3 is 61.3 Å². The second-order valence-electron chi connectivity index (χ2n) is 30.0. The van der Waals surface area contributed by atoms with E-state index in [0.717, 1.165) is 68.6 Å². The smallest absolute Gasteiger partial charge is 0.497 e. The van der Waals surface area contributed by atoms with Crippen molar-refractivity contribution < 1.29 is 118 Å². The second kappa shape index (κ2) is 41.7. The average Bonchev–Trinajstić information content (AvgIpc) is 0.697. The van der Waals surface area contributed by atoms with E-state index in [4.69, 9.17) is 56.8 Å². The maximum absolute atomic E-state index is 6.52. The average molecular weight is 1750 g/mol. The molecular formula is C84H140O12P3Pd3+3. The Morgan fingerprint density at radius 1 is 0.373 bits per heavy atom. The van der Waals surface area contributed by atoms with Crippen LogP contribution in [0, 0.1) is 64.8 Å². The Balaban J connectivity index is 0. The molecule has 12 unspecified atom stereocenters. The summed E-state index contributed by atoms with van der Waals surface area (Å²) in [5.74, 6) is -0.530. The van der Waals surface area contributed by atoms with E-state index >= 15 is 0 Å². The van der Waals surface area contributed by atoms with Crippen LogP contribution in [0.2, 0.25) is 0 Å². The standard InChI is InChI=1S/3C18H25O4P.C9H16.C8H16.C8H15.5CH3.3Pd/c3*1-12-9-13(19-6)7-8-14(12)23-17(4)10-15(2)20-16(3,22-17)11-18(23,5)21-15;1-3-5-7-9-8-6-4-2;2*1-3-5-7-8-6-4-2;;;;;;;;/h3*7-9H,10-11H2,1-6H3;3,6,8H,1,4-5,7,9H2,2H3;3H,1,4-8H2,2H3;3,5H,1,4,6-8H2,2H3;5*1H3;;;/q;;;;;6*-1;3*+2/p+3/b;;;8-6-;;5-3+;;;;;;;;. The van der Waals surface area contributed by atoms with Crippen LogP contribution >= 0.6 is 23.8 Å². The van der Waals surface area contributed by atoms with E-state index < -0.39 is 58.5 Å². The van der Waals surface area contributed by atoms with Gasteiger partial charge in [-0.1, -0.05) is 83.6 Å². The molecule has 12 heterocycles. The fourth-order valence-corrected chi connectivity index (χ4v) is 31.9. The van der Waals surface area contributed by atoms with Crippen molar-refractivity contribution in [1.82, 2.24) is 0 Å². The van der Waals surface area contributed by atoms with E-state index in [-0.39, 0.29) is 130 Å². The fraction of sp³-hybridized carbons (Fsp3) is 0.619. The van der Waals surface area contributed by atoms with Gasteiger partial charge in [0.2, 0.25) is 0 Å². The van der Waals surface area contributed by atoms with E-state index in [0.29, 0.717) is 0 Å². The van der Waals surface area contributed by atoms with Crippen molar-refractivity contribution in [3.05, 3.63) is 165 Å². The molecule has 12 fully saturated rings. The molecule has 12 saturated heterocycles. The Hall–Kier alpha value is -1.19. The molecule has 0 spiro atoms. The number of allylic oxidation sites excluding steroid dienone is 6. The Bertz CT molecular complexity index is 2700. The Labute approximate surface area is 669 Å². The third-order valence-corrected chi connectivity index (χ3v) is 31.1. The molecule has 12 nitrogen and oxygen atoms in total. The van der Waals surface area contributed by atoms with Gasteiger partial charge in [0.15, 0.2) is 66.8 Å². The molecule has 12 aliphatic heterocycles. The zero-order valence-electron chi connectivity index (χ0n) is 68.1. The molecule has 0 aliphatic carbocycles. The third kappa shape index (κ3) is 24.2. The minimum absolute atomic E-state index is 0. The van der Waals surface area contributed by atoms with E-state index in [9.17, 15) is 0 Å². The summed E-state index contributed by atoms with van der Waals surface area (Å²) < 4.78 is 73.6. The molecule has 590 valence electrons. The van der Waals surface area contributed by atoms with Gasteiger partial charge < -0.3 is 94.0 Å². The molecular weight excluding hydrogens is 1610 g/mol. The largest absolute Gasteiger partial charge is 2.00 e. The predicted molar refractivity (Wildman–Crippen MR) is 429 cm³/mol. The number of rotatable bonds is 20. The number of methoxy groups -OCH3 is 3. The van der Waals surface area contributed by atoms with Crippen LogP contribution < -0.4 is 30.1 Å². The maximum atomic E-state index is 6.52. The van der Waals surface area contributed by atoms with E-state index in [2.05, 4.69) is 218 Å². The predicted octanol–water partition coefficient (Wildman–Crippen LogP) is 22.4. The van der Waals surface area contributed by atoms with Crippen LogP contribution in [0.15, 0.2) is 104 Å². The van der Waals surface area contributed by atoms with Gasteiger partial charge in [0.1, 0.15) is 33.2 Å². The van der Waals surface area contributed by atoms with Gasteiger partial charge in [-0.25, -0.2) is 19.1 Å². The summed E-state index contributed by atoms with van der Waals surface area (Å²) in [5.41, 5.74) is 3.78. The van der Waals surface area contributed by atoms with Crippen LogP contribution in [-0.2, 0) is 104 Å². The SMILES string of the molecule is C=CCCC/C=C\CC.C=CCCCCCC.COc1ccc([PH+]2C3(C)CC4(C)OC(C)(CC2(C)O4)O3)c(C)c1.COc1ccc([PH+]2C3(C)CC4(C)OC(C)(CC2(C)O4)O3)c(C)c1.COc1ccc([PH+]2C3(C)CC4(C)OC(C)(CC2(C)O4)O3)c(C)c1.[CH2-]/C=C/CCCCC.[CH3-].[CH3-].[CH3-].[CH3-].[CH3-].[Pd+2].[Pd+2].[Pd+2]. The molecule has 3 aromatic rings. The Morgan fingerprint density at radius 2 is 0.627 bits per heavy atom. The molecule has 12 aliphatic rings. The molecule has 0 aromatic heterocycles. The molecule has 0 amide bonds. The van der Waals surface area contributed by atoms with Gasteiger partial charge in [0, 0.05) is 41.5 Å². The van der Waals surface area contributed by atoms with Crippen LogP contribution in [0.1, 0.15) is 243 Å². The van der Waals surface area contributed by atoms with Crippen LogP contribution in [-0.4, -0.2) is 88.1 Å². The third-order valence-electron chi connectivity index (χ3n) is 19.8. The van der Waals surface area contributed by atoms with Gasteiger partial charge in [0.05, 0.1) is 83.6 Å². The van der Waals surface area contributed by atoms with Gasteiger partial charge in [-0.05, 0) is 172 Å². The first-order valence-electron chi connectivity index (χ1n) is 35.3. The van der Waals surface area contributed by atoms with Crippen molar-refractivity contribution in [3.8, 4) is 17.2 Å². The second-order valence-corrected chi connectivity index (χ2v) is 40.3. The van der Waals surface area contributed by atoms with Crippen LogP contribution in [0.5, 0.6) is 17.2 Å².